The third-order valence-corrected chi connectivity index (χ3v) is 2.79. The van der Waals surface area contributed by atoms with Crippen LogP contribution in [0.4, 0.5) is 0 Å². The molecule has 0 aromatic carbocycles. The van der Waals surface area contributed by atoms with Gasteiger partial charge in [0.1, 0.15) is 6.54 Å². The van der Waals surface area contributed by atoms with Crippen LogP contribution in [0.15, 0.2) is 0 Å². The van der Waals surface area contributed by atoms with Gasteiger partial charge >= 0.3 is 5.97 Å². The first-order valence-electron chi connectivity index (χ1n) is 6.09. The SMILES string of the molecule is CC(C)CN(CC(=O)O)C(=O)C1CCOCC1. The van der Waals surface area contributed by atoms with E-state index in [4.69, 9.17) is 9.84 Å². The molecule has 1 amide bonds. The van der Waals surface area contributed by atoms with Crippen LogP contribution >= 0.6 is 0 Å². The molecule has 0 unspecified atom stereocenters. The molecule has 0 aliphatic carbocycles. The Morgan fingerprint density at radius 2 is 1.94 bits per heavy atom. The molecule has 98 valence electrons. The number of ether oxygens (including phenoxy) is 1. The lowest BCUT2D eigenvalue weighted by Gasteiger charge is -2.29. The number of hydrogen-bond acceptors (Lipinski definition) is 3. The van der Waals surface area contributed by atoms with Crippen molar-refractivity contribution in [1.82, 2.24) is 4.90 Å². The summed E-state index contributed by atoms with van der Waals surface area (Å²) < 4.78 is 5.20. The van der Waals surface area contributed by atoms with E-state index in [1.54, 1.807) is 0 Å². The molecule has 0 bridgehead atoms. The highest BCUT2D eigenvalue weighted by Crippen LogP contribution is 2.18. The quantitative estimate of drug-likeness (QED) is 0.781. The fourth-order valence-electron chi connectivity index (χ4n) is 2.04. The van der Waals surface area contributed by atoms with Gasteiger partial charge in [-0.05, 0) is 18.8 Å². The largest absolute Gasteiger partial charge is 0.480 e. The highest BCUT2D eigenvalue weighted by atomic mass is 16.5. The van der Waals surface area contributed by atoms with Crippen LogP contribution < -0.4 is 0 Å². The molecule has 1 heterocycles. The number of nitrogens with zero attached hydrogens (tertiary/aromatic N) is 1. The van der Waals surface area contributed by atoms with Gasteiger partial charge in [0.05, 0.1) is 0 Å². The number of carbonyl (C=O) groups is 2. The van der Waals surface area contributed by atoms with Crippen LogP contribution in [-0.4, -0.2) is 48.2 Å². The van der Waals surface area contributed by atoms with Crippen LogP contribution in [0.2, 0.25) is 0 Å². The van der Waals surface area contributed by atoms with Crippen molar-refractivity contribution in [3.8, 4) is 0 Å². The summed E-state index contributed by atoms with van der Waals surface area (Å²) >= 11 is 0. The van der Waals surface area contributed by atoms with Crippen molar-refractivity contribution in [3.63, 3.8) is 0 Å². The van der Waals surface area contributed by atoms with E-state index in [0.29, 0.717) is 32.6 Å². The number of hydrogen-bond donors (Lipinski definition) is 1. The van der Waals surface area contributed by atoms with Crippen molar-refractivity contribution in [2.75, 3.05) is 26.3 Å². The Labute approximate surface area is 102 Å². The first-order valence-corrected chi connectivity index (χ1v) is 6.09. The van der Waals surface area contributed by atoms with Crippen LogP contribution in [0.3, 0.4) is 0 Å². The summed E-state index contributed by atoms with van der Waals surface area (Å²) in [5.74, 6) is -0.782. The predicted molar refractivity (Wildman–Crippen MR) is 62.6 cm³/mol. The Bertz CT molecular complexity index is 272. The molecule has 5 heteroatoms. The van der Waals surface area contributed by atoms with Gasteiger partial charge < -0.3 is 14.7 Å². The Kier molecular flexibility index (Phi) is 5.41. The van der Waals surface area contributed by atoms with Crippen LogP contribution in [0.1, 0.15) is 26.7 Å². The van der Waals surface area contributed by atoms with Crippen LogP contribution in [-0.2, 0) is 14.3 Å². The lowest BCUT2D eigenvalue weighted by Crippen LogP contribution is -2.43. The standard InChI is InChI=1S/C12H21NO4/c1-9(2)7-13(8-11(14)15)12(16)10-3-5-17-6-4-10/h9-10H,3-8H2,1-2H3,(H,14,15). The van der Waals surface area contributed by atoms with E-state index < -0.39 is 5.97 Å². The summed E-state index contributed by atoms with van der Waals surface area (Å²) in [5.41, 5.74) is 0. The van der Waals surface area contributed by atoms with Gasteiger partial charge in [-0.15, -0.1) is 0 Å². The third-order valence-electron chi connectivity index (χ3n) is 2.79. The van der Waals surface area contributed by atoms with E-state index in [1.807, 2.05) is 13.8 Å². The molecular formula is C12H21NO4. The average molecular weight is 243 g/mol. The van der Waals surface area contributed by atoms with Crippen LogP contribution in [0.5, 0.6) is 0 Å². The summed E-state index contributed by atoms with van der Waals surface area (Å²) in [7, 11) is 0. The molecular weight excluding hydrogens is 222 g/mol. The lowest BCUT2D eigenvalue weighted by atomic mass is 9.98. The molecule has 1 aliphatic rings. The van der Waals surface area contributed by atoms with Crippen molar-refractivity contribution < 1.29 is 19.4 Å². The minimum absolute atomic E-state index is 0.0376. The molecule has 0 atom stereocenters. The molecule has 0 aromatic heterocycles. The van der Waals surface area contributed by atoms with Crippen LogP contribution in [0, 0.1) is 11.8 Å². The summed E-state index contributed by atoms with van der Waals surface area (Å²) in [6.07, 6.45) is 1.40. The molecule has 1 N–H and O–H groups in total. The number of carboxylic acids is 1. The molecule has 1 aliphatic heterocycles. The summed E-state index contributed by atoms with van der Waals surface area (Å²) in [5, 5.41) is 8.83. The average Bonchev–Trinajstić information content (AvgIpc) is 2.27. The van der Waals surface area contributed by atoms with E-state index in [2.05, 4.69) is 0 Å². The zero-order valence-corrected chi connectivity index (χ0v) is 10.5. The van der Waals surface area contributed by atoms with Crippen molar-refractivity contribution in [1.29, 1.82) is 0 Å². The minimum Gasteiger partial charge on any atom is -0.480 e. The van der Waals surface area contributed by atoms with Crippen molar-refractivity contribution in [3.05, 3.63) is 0 Å². The third kappa shape index (κ3) is 4.73. The van der Waals surface area contributed by atoms with E-state index in [0.717, 1.165) is 0 Å². The fraction of sp³-hybridized carbons (Fsp3) is 0.833. The Morgan fingerprint density at radius 1 is 1.35 bits per heavy atom. The minimum atomic E-state index is -0.953. The normalized spacial score (nSPS) is 17.1. The smallest absolute Gasteiger partial charge is 0.323 e. The van der Waals surface area contributed by atoms with Gasteiger partial charge in [-0.2, -0.15) is 0 Å². The maximum atomic E-state index is 12.2. The van der Waals surface area contributed by atoms with Crippen molar-refractivity contribution in [2.24, 2.45) is 11.8 Å². The van der Waals surface area contributed by atoms with Gasteiger partial charge in [-0.3, -0.25) is 9.59 Å². The summed E-state index contributed by atoms with van der Waals surface area (Å²) in [4.78, 5) is 24.4. The fourth-order valence-corrected chi connectivity index (χ4v) is 2.04. The maximum Gasteiger partial charge on any atom is 0.323 e. The van der Waals surface area contributed by atoms with E-state index >= 15 is 0 Å². The van der Waals surface area contributed by atoms with Gasteiger partial charge in [0.15, 0.2) is 0 Å². The highest BCUT2D eigenvalue weighted by Gasteiger charge is 2.27. The Balaban J connectivity index is 2.60. The van der Waals surface area contributed by atoms with Crippen LogP contribution in [0.25, 0.3) is 0 Å². The maximum absolute atomic E-state index is 12.2. The number of carbonyl (C=O) groups excluding carboxylic acids is 1. The van der Waals surface area contributed by atoms with E-state index in [1.165, 1.54) is 4.90 Å². The number of carboxylic acid groups (broad SMARTS) is 1. The lowest BCUT2D eigenvalue weighted by molar-refractivity contribution is -0.148. The van der Waals surface area contributed by atoms with Gasteiger partial charge in [0.2, 0.25) is 5.91 Å². The summed E-state index contributed by atoms with van der Waals surface area (Å²) in [6, 6.07) is 0. The Morgan fingerprint density at radius 3 is 2.41 bits per heavy atom. The zero-order chi connectivity index (χ0) is 12.8. The molecule has 1 fully saturated rings. The molecule has 0 saturated carbocycles. The first kappa shape index (κ1) is 14.0. The highest BCUT2D eigenvalue weighted by molar-refractivity contribution is 5.83. The predicted octanol–water partition coefficient (Wildman–Crippen LogP) is 0.982. The van der Waals surface area contributed by atoms with Gasteiger partial charge in [0.25, 0.3) is 0 Å². The molecule has 0 radical (unpaired) electrons. The van der Waals surface area contributed by atoms with Gasteiger partial charge in [0, 0.05) is 25.7 Å². The molecule has 1 saturated heterocycles. The molecule has 5 nitrogen and oxygen atoms in total. The van der Waals surface area contributed by atoms with E-state index in [9.17, 15) is 9.59 Å². The molecule has 17 heavy (non-hydrogen) atoms. The van der Waals surface area contributed by atoms with Crippen molar-refractivity contribution in [2.45, 2.75) is 26.7 Å². The van der Waals surface area contributed by atoms with Crippen molar-refractivity contribution >= 4 is 11.9 Å². The molecule has 1 rings (SSSR count). The molecule has 0 spiro atoms. The Hall–Kier alpha value is -1.10. The number of aliphatic carboxylic acids is 1. The second kappa shape index (κ2) is 6.59. The van der Waals surface area contributed by atoms with Gasteiger partial charge in [-0.25, -0.2) is 0 Å². The second-order valence-corrected chi connectivity index (χ2v) is 4.89. The molecule has 0 aromatic rings. The zero-order valence-electron chi connectivity index (χ0n) is 10.5. The first-order chi connectivity index (χ1) is 8.00. The topological polar surface area (TPSA) is 66.8 Å². The van der Waals surface area contributed by atoms with Gasteiger partial charge in [-0.1, -0.05) is 13.8 Å². The monoisotopic (exact) mass is 243 g/mol. The number of amides is 1. The number of rotatable bonds is 5. The van der Waals surface area contributed by atoms with E-state index in [-0.39, 0.29) is 24.3 Å². The second-order valence-electron chi connectivity index (χ2n) is 4.89. The summed E-state index contributed by atoms with van der Waals surface area (Å²) in [6.45, 7) is 5.45.